The summed E-state index contributed by atoms with van der Waals surface area (Å²) in [6, 6.07) is 1.98. The zero-order valence-corrected chi connectivity index (χ0v) is 10.0. The van der Waals surface area contributed by atoms with Gasteiger partial charge in [-0.15, -0.1) is 12.4 Å². The van der Waals surface area contributed by atoms with Crippen molar-refractivity contribution in [2.75, 3.05) is 12.3 Å². The minimum Gasteiger partial charge on any atom is -0.398 e. The summed E-state index contributed by atoms with van der Waals surface area (Å²) >= 11 is 0. The molecule has 0 aliphatic carbocycles. The van der Waals surface area contributed by atoms with Crippen molar-refractivity contribution >= 4 is 24.0 Å². The normalized spacial score (nSPS) is 19.3. The van der Waals surface area contributed by atoms with Gasteiger partial charge in [-0.05, 0) is 25.8 Å². The molecule has 0 bridgehead atoms. The monoisotopic (exact) mass is 241 g/mol. The number of hydrogen-bond donors (Lipinski definition) is 1. The van der Waals surface area contributed by atoms with Crippen LogP contribution in [0.2, 0.25) is 0 Å². The zero-order valence-electron chi connectivity index (χ0n) is 9.22. The number of pyridine rings is 1. The SMILES string of the molecule is CC1CCCN1C(=O)c1cnccc1N.Cl. The number of likely N-dealkylation sites (tertiary alicyclic amines) is 1. The second-order valence-corrected chi connectivity index (χ2v) is 3.95. The summed E-state index contributed by atoms with van der Waals surface area (Å²) in [5.41, 5.74) is 6.78. The summed E-state index contributed by atoms with van der Waals surface area (Å²) in [6.45, 7) is 2.89. The molecule has 0 spiro atoms. The van der Waals surface area contributed by atoms with Crippen LogP contribution in [0.4, 0.5) is 5.69 Å². The molecule has 1 aromatic rings. The predicted octanol–water partition coefficient (Wildman–Crippen LogP) is 1.71. The number of aromatic nitrogens is 1. The van der Waals surface area contributed by atoms with Gasteiger partial charge >= 0.3 is 0 Å². The number of rotatable bonds is 1. The third-order valence-electron chi connectivity index (χ3n) is 2.90. The van der Waals surface area contributed by atoms with Gasteiger partial charge < -0.3 is 10.6 Å². The Hall–Kier alpha value is -1.29. The number of nitrogens with zero attached hydrogens (tertiary/aromatic N) is 2. The van der Waals surface area contributed by atoms with Crippen LogP contribution in [0.3, 0.4) is 0 Å². The Labute approximate surface area is 101 Å². The number of carbonyl (C=O) groups is 1. The number of halogens is 1. The summed E-state index contributed by atoms with van der Waals surface area (Å²) in [4.78, 5) is 17.9. The molecule has 1 fully saturated rings. The minimum absolute atomic E-state index is 0. The topological polar surface area (TPSA) is 59.2 Å². The van der Waals surface area contributed by atoms with Crippen LogP contribution in [0.5, 0.6) is 0 Å². The Morgan fingerprint density at radius 3 is 2.94 bits per heavy atom. The van der Waals surface area contributed by atoms with E-state index in [-0.39, 0.29) is 18.3 Å². The highest BCUT2D eigenvalue weighted by Gasteiger charge is 2.26. The molecule has 0 aromatic carbocycles. The van der Waals surface area contributed by atoms with Crippen molar-refractivity contribution < 1.29 is 4.79 Å². The van der Waals surface area contributed by atoms with Crippen molar-refractivity contribution in [3.63, 3.8) is 0 Å². The van der Waals surface area contributed by atoms with Gasteiger partial charge in [0.1, 0.15) is 0 Å². The van der Waals surface area contributed by atoms with E-state index in [1.54, 1.807) is 18.5 Å². The van der Waals surface area contributed by atoms with Gasteiger partial charge in [0.05, 0.1) is 5.56 Å². The number of nitrogen functional groups attached to an aromatic ring is 1. The predicted molar refractivity (Wildman–Crippen MR) is 65.6 cm³/mol. The highest BCUT2D eigenvalue weighted by Crippen LogP contribution is 2.21. The zero-order chi connectivity index (χ0) is 10.8. The van der Waals surface area contributed by atoms with Gasteiger partial charge in [0.15, 0.2) is 0 Å². The average molecular weight is 242 g/mol. The molecule has 16 heavy (non-hydrogen) atoms. The largest absolute Gasteiger partial charge is 0.398 e. The first-order valence-electron chi connectivity index (χ1n) is 5.20. The van der Waals surface area contributed by atoms with Gasteiger partial charge in [0.2, 0.25) is 0 Å². The van der Waals surface area contributed by atoms with E-state index in [4.69, 9.17) is 5.73 Å². The Morgan fingerprint density at radius 2 is 2.38 bits per heavy atom. The maximum Gasteiger partial charge on any atom is 0.257 e. The maximum absolute atomic E-state index is 12.1. The first-order valence-corrected chi connectivity index (χ1v) is 5.20. The van der Waals surface area contributed by atoms with E-state index in [9.17, 15) is 4.79 Å². The van der Waals surface area contributed by atoms with Gasteiger partial charge in [-0.1, -0.05) is 0 Å². The standard InChI is InChI=1S/C11H15N3O.ClH/c1-8-3-2-6-14(8)11(15)9-7-13-5-4-10(9)12;/h4-5,7-8H,2-3,6H2,1H3,(H2,12,13);1H. The van der Waals surface area contributed by atoms with E-state index in [2.05, 4.69) is 11.9 Å². The molecule has 1 aliphatic heterocycles. The van der Waals surface area contributed by atoms with E-state index in [0.29, 0.717) is 17.3 Å². The molecule has 0 saturated carbocycles. The molecule has 4 nitrogen and oxygen atoms in total. The van der Waals surface area contributed by atoms with E-state index in [0.717, 1.165) is 19.4 Å². The molecular weight excluding hydrogens is 226 g/mol. The first kappa shape index (κ1) is 12.8. The molecule has 2 heterocycles. The number of nitrogens with two attached hydrogens (primary N) is 1. The van der Waals surface area contributed by atoms with Crippen molar-refractivity contribution in [2.24, 2.45) is 0 Å². The fourth-order valence-corrected chi connectivity index (χ4v) is 1.97. The highest BCUT2D eigenvalue weighted by molar-refractivity contribution is 5.99. The summed E-state index contributed by atoms with van der Waals surface area (Å²) < 4.78 is 0. The first-order chi connectivity index (χ1) is 7.20. The Balaban J connectivity index is 0.00000128. The fourth-order valence-electron chi connectivity index (χ4n) is 1.97. The third-order valence-corrected chi connectivity index (χ3v) is 2.90. The molecule has 1 atom stereocenters. The van der Waals surface area contributed by atoms with E-state index in [1.165, 1.54) is 0 Å². The molecule has 2 N–H and O–H groups in total. The van der Waals surface area contributed by atoms with E-state index < -0.39 is 0 Å². The quantitative estimate of drug-likeness (QED) is 0.814. The Kier molecular flexibility index (Phi) is 4.12. The molecule has 5 heteroatoms. The van der Waals surface area contributed by atoms with Crippen LogP contribution in [-0.4, -0.2) is 28.4 Å². The lowest BCUT2D eigenvalue weighted by atomic mass is 10.2. The van der Waals surface area contributed by atoms with Crippen molar-refractivity contribution in [1.29, 1.82) is 0 Å². The second-order valence-electron chi connectivity index (χ2n) is 3.95. The summed E-state index contributed by atoms with van der Waals surface area (Å²) in [5.74, 6) is 0.00519. The van der Waals surface area contributed by atoms with Crippen LogP contribution in [0, 0.1) is 0 Å². The second kappa shape index (κ2) is 5.16. The number of amides is 1. The molecule has 88 valence electrons. The van der Waals surface area contributed by atoms with Crippen molar-refractivity contribution in [3.8, 4) is 0 Å². The van der Waals surface area contributed by atoms with Gasteiger partial charge in [-0.2, -0.15) is 0 Å². The van der Waals surface area contributed by atoms with Gasteiger partial charge in [0, 0.05) is 30.7 Å². The average Bonchev–Trinajstić information content (AvgIpc) is 2.64. The van der Waals surface area contributed by atoms with Crippen LogP contribution in [0.25, 0.3) is 0 Å². The summed E-state index contributed by atoms with van der Waals surface area (Å²) in [6.07, 6.45) is 5.29. The molecule has 0 radical (unpaired) electrons. The minimum atomic E-state index is 0. The lowest BCUT2D eigenvalue weighted by molar-refractivity contribution is 0.0748. The van der Waals surface area contributed by atoms with E-state index in [1.807, 2.05) is 4.90 Å². The number of anilines is 1. The van der Waals surface area contributed by atoms with Crippen LogP contribution in [0.15, 0.2) is 18.5 Å². The lowest BCUT2D eigenvalue weighted by Gasteiger charge is -2.21. The van der Waals surface area contributed by atoms with Crippen LogP contribution < -0.4 is 5.73 Å². The van der Waals surface area contributed by atoms with Crippen LogP contribution in [0.1, 0.15) is 30.1 Å². The fraction of sp³-hybridized carbons (Fsp3) is 0.455. The molecule has 2 rings (SSSR count). The van der Waals surface area contributed by atoms with Gasteiger partial charge in [0.25, 0.3) is 5.91 Å². The number of hydrogen-bond acceptors (Lipinski definition) is 3. The van der Waals surface area contributed by atoms with Gasteiger partial charge in [-0.3, -0.25) is 9.78 Å². The molecule has 1 saturated heterocycles. The molecule has 1 aromatic heterocycles. The molecule has 1 unspecified atom stereocenters. The van der Waals surface area contributed by atoms with Crippen LogP contribution >= 0.6 is 12.4 Å². The van der Waals surface area contributed by atoms with Gasteiger partial charge in [-0.25, -0.2) is 0 Å². The summed E-state index contributed by atoms with van der Waals surface area (Å²) in [5, 5.41) is 0. The maximum atomic E-state index is 12.1. The van der Waals surface area contributed by atoms with Crippen molar-refractivity contribution in [3.05, 3.63) is 24.0 Å². The number of carbonyl (C=O) groups excluding carboxylic acids is 1. The Morgan fingerprint density at radius 1 is 1.62 bits per heavy atom. The van der Waals surface area contributed by atoms with Crippen molar-refractivity contribution in [1.82, 2.24) is 9.88 Å². The lowest BCUT2D eigenvalue weighted by Crippen LogP contribution is -2.34. The third kappa shape index (κ3) is 2.27. The molecule has 1 amide bonds. The molecular formula is C11H16ClN3O. The Bertz CT molecular complexity index is 383. The summed E-state index contributed by atoms with van der Waals surface area (Å²) in [7, 11) is 0. The highest BCUT2D eigenvalue weighted by atomic mass is 35.5. The van der Waals surface area contributed by atoms with Crippen LogP contribution in [-0.2, 0) is 0 Å². The van der Waals surface area contributed by atoms with Crippen molar-refractivity contribution in [2.45, 2.75) is 25.8 Å². The smallest absolute Gasteiger partial charge is 0.257 e. The van der Waals surface area contributed by atoms with E-state index >= 15 is 0 Å². The molecule has 1 aliphatic rings.